The zero-order valence-corrected chi connectivity index (χ0v) is 11.1. The Labute approximate surface area is 112 Å². The maximum absolute atomic E-state index is 11.0. The summed E-state index contributed by atoms with van der Waals surface area (Å²) < 4.78 is 0.477. The van der Waals surface area contributed by atoms with Gasteiger partial charge in [-0.15, -0.1) is 11.8 Å². The van der Waals surface area contributed by atoms with Crippen molar-refractivity contribution in [3.8, 4) is 0 Å². The van der Waals surface area contributed by atoms with Gasteiger partial charge in [-0.1, -0.05) is 12.2 Å². The van der Waals surface area contributed by atoms with Gasteiger partial charge in [0.1, 0.15) is 4.32 Å². The van der Waals surface area contributed by atoms with Crippen LogP contribution in [-0.4, -0.2) is 10.2 Å². The minimum Gasteiger partial charge on any atom is -0.361 e. The van der Waals surface area contributed by atoms with Crippen molar-refractivity contribution < 1.29 is 37.5 Å². The van der Waals surface area contributed by atoms with E-state index in [0.29, 0.717) is 9.23 Å². The van der Waals surface area contributed by atoms with E-state index < -0.39 is 0 Å². The molecule has 1 heterocycles. The van der Waals surface area contributed by atoms with Crippen LogP contribution in [0.5, 0.6) is 0 Å². The van der Waals surface area contributed by atoms with Crippen LogP contribution in [0.3, 0.4) is 0 Å². The molecule has 65 valence electrons. The van der Waals surface area contributed by atoms with Crippen LogP contribution in [-0.2, 0) is 37.5 Å². The second kappa shape index (κ2) is 6.65. The topological polar surface area (TPSA) is 29.1 Å². The average Bonchev–Trinajstić information content (AvgIpc) is 2.31. The Bertz CT molecular complexity index is 297. The van der Waals surface area contributed by atoms with E-state index in [1.807, 2.05) is 0 Å². The summed E-state index contributed by atoms with van der Waals surface area (Å²) in [7, 11) is 0. The van der Waals surface area contributed by atoms with E-state index in [2.05, 4.69) is 11.4 Å². The summed E-state index contributed by atoms with van der Waals surface area (Å²) in [4.78, 5) is 11.5. The van der Waals surface area contributed by atoms with E-state index in [0.717, 1.165) is 0 Å². The van der Waals surface area contributed by atoms with Crippen LogP contribution in [0.1, 0.15) is 0 Å². The van der Waals surface area contributed by atoms with Gasteiger partial charge in [-0.3, -0.25) is 10.9 Å². The third kappa shape index (κ3) is 4.31. The molecule has 0 atom stereocenters. The standard InChI is InChI=1S/C8H5NOS2.Y/c1-2-3-4-5-6-7(10)9-8(11)12-6;/h1-3,5H,(H,9,10,11);/q-2;/b6-5-;. The zero-order valence-electron chi connectivity index (χ0n) is 6.61. The number of rotatable bonds is 2. The first-order valence-electron chi connectivity index (χ1n) is 3.10. The fraction of sp³-hybridized carbons (Fsp3) is 0. The second-order valence-electron chi connectivity index (χ2n) is 1.88. The molecule has 1 amide bonds. The smallest absolute Gasteiger partial charge is 0.208 e. The molecule has 2 nitrogen and oxygen atoms in total. The normalized spacial score (nSPS) is 18.9. The van der Waals surface area contributed by atoms with E-state index in [9.17, 15) is 4.79 Å². The number of nitrogens with one attached hydrogen (secondary N) is 1. The third-order valence-electron chi connectivity index (χ3n) is 1.05. The van der Waals surface area contributed by atoms with Crippen molar-refractivity contribution in [2.45, 2.75) is 0 Å². The number of hydrogen-bond donors (Lipinski definition) is 1. The maximum Gasteiger partial charge on any atom is 0.208 e. The van der Waals surface area contributed by atoms with Crippen molar-refractivity contribution in [2.24, 2.45) is 0 Å². The molecular weight excluding hydrogens is 279 g/mol. The SMILES string of the molecule is [CH-]=CC=[C-]/C=C1\SC(=S)NC1=O.[Y]. The Balaban J connectivity index is 0.00000144. The van der Waals surface area contributed by atoms with Crippen molar-refractivity contribution in [3.05, 3.63) is 35.8 Å². The molecular formula is C8H5NOS2Y-2. The van der Waals surface area contributed by atoms with Crippen molar-refractivity contribution in [1.29, 1.82) is 0 Å². The van der Waals surface area contributed by atoms with E-state index in [1.54, 1.807) is 6.08 Å². The number of allylic oxidation sites excluding steroid dienone is 4. The van der Waals surface area contributed by atoms with Gasteiger partial charge in [-0.05, 0) is 4.91 Å². The number of hydrogen-bond acceptors (Lipinski definition) is 3. The van der Waals surface area contributed by atoms with Crippen molar-refractivity contribution in [2.75, 3.05) is 0 Å². The molecule has 1 fully saturated rings. The molecule has 0 aliphatic carbocycles. The Hall–Kier alpha value is 0.234. The van der Waals surface area contributed by atoms with Crippen LogP contribution < -0.4 is 5.32 Å². The minimum absolute atomic E-state index is 0. The summed E-state index contributed by atoms with van der Waals surface area (Å²) in [5, 5.41) is 2.49. The quantitative estimate of drug-likeness (QED) is 0.359. The summed E-state index contributed by atoms with van der Waals surface area (Å²) in [6, 6.07) is 0. The van der Waals surface area contributed by atoms with Crippen LogP contribution >= 0.6 is 24.0 Å². The first-order valence-corrected chi connectivity index (χ1v) is 4.32. The number of carbonyl (C=O) groups excluding carboxylic acids is 1. The van der Waals surface area contributed by atoms with Gasteiger partial charge in [-0.25, -0.2) is 0 Å². The van der Waals surface area contributed by atoms with Gasteiger partial charge in [0, 0.05) is 32.7 Å². The van der Waals surface area contributed by atoms with Crippen LogP contribution in [0.15, 0.2) is 23.1 Å². The number of thiocarbonyl (C=S) groups is 1. The molecule has 13 heavy (non-hydrogen) atoms. The molecule has 1 N–H and O–H groups in total. The number of thioether (sulfide) groups is 1. The summed E-state index contributed by atoms with van der Waals surface area (Å²) in [5.74, 6) is -0.178. The first-order chi connectivity index (χ1) is 5.74. The van der Waals surface area contributed by atoms with Crippen LogP contribution in [0.2, 0.25) is 0 Å². The largest absolute Gasteiger partial charge is 0.361 e. The Morgan fingerprint density at radius 1 is 1.62 bits per heavy atom. The predicted molar refractivity (Wildman–Crippen MR) is 53.1 cm³/mol. The van der Waals surface area contributed by atoms with Crippen molar-refractivity contribution >= 4 is 34.2 Å². The molecule has 0 aromatic heterocycles. The van der Waals surface area contributed by atoms with E-state index in [1.165, 1.54) is 23.9 Å². The fourth-order valence-electron chi connectivity index (χ4n) is 0.600. The summed E-state index contributed by atoms with van der Waals surface area (Å²) in [6.07, 6.45) is 7.12. The van der Waals surface area contributed by atoms with E-state index in [-0.39, 0.29) is 38.6 Å². The van der Waals surface area contributed by atoms with Gasteiger partial charge < -0.3 is 24.0 Å². The Morgan fingerprint density at radius 2 is 2.31 bits per heavy atom. The molecule has 1 aliphatic rings. The molecule has 0 aromatic carbocycles. The Morgan fingerprint density at radius 3 is 2.77 bits per heavy atom. The van der Waals surface area contributed by atoms with Crippen molar-refractivity contribution in [3.63, 3.8) is 0 Å². The molecule has 0 spiro atoms. The molecule has 0 aromatic rings. The monoisotopic (exact) mass is 284 g/mol. The zero-order chi connectivity index (χ0) is 8.97. The molecule has 0 unspecified atom stereocenters. The average molecular weight is 284 g/mol. The van der Waals surface area contributed by atoms with Gasteiger partial charge >= 0.3 is 0 Å². The summed E-state index contributed by atoms with van der Waals surface area (Å²) in [5.41, 5.74) is 0. The molecule has 5 heteroatoms. The molecule has 1 aliphatic heterocycles. The van der Waals surface area contributed by atoms with Gasteiger partial charge in [0.2, 0.25) is 5.91 Å². The van der Waals surface area contributed by atoms with Gasteiger partial charge in [0.25, 0.3) is 0 Å². The maximum atomic E-state index is 11.0. The molecule has 0 bridgehead atoms. The number of carbonyl (C=O) groups is 1. The first kappa shape index (κ1) is 13.2. The summed E-state index contributed by atoms with van der Waals surface area (Å²) >= 11 is 5.99. The molecule has 0 saturated carbocycles. The molecule has 1 saturated heterocycles. The predicted octanol–water partition coefficient (Wildman–Crippen LogP) is 1.36. The Kier molecular flexibility index (Phi) is 6.77. The van der Waals surface area contributed by atoms with Crippen LogP contribution in [0.4, 0.5) is 0 Å². The third-order valence-corrected chi connectivity index (χ3v) is 2.21. The summed E-state index contributed by atoms with van der Waals surface area (Å²) in [6.45, 7) is 5.07. The van der Waals surface area contributed by atoms with Crippen LogP contribution in [0, 0.1) is 12.7 Å². The number of amides is 1. The van der Waals surface area contributed by atoms with Crippen molar-refractivity contribution in [1.82, 2.24) is 5.32 Å². The molecule has 1 rings (SSSR count). The van der Waals surface area contributed by atoms with Crippen LogP contribution in [0.25, 0.3) is 0 Å². The van der Waals surface area contributed by atoms with E-state index >= 15 is 0 Å². The van der Waals surface area contributed by atoms with Gasteiger partial charge in [0.15, 0.2) is 0 Å². The van der Waals surface area contributed by atoms with E-state index in [4.69, 9.17) is 18.8 Å². The fourth-order valence-corrected chi connectivity index (χ4v) is 1.58. The van der Waals surface area contributed by atoms with Gasteiger partial charge in [0.05, 0.1) is 0 Å². The molecule has 1 radical (unpaired) electrons. The second-order valence-corrected chi connectivity index (χ2v) is 3.60. The minimum atomic E-state index is -0.178. The van der Waals surface area contributed by atoms with Gasteiger partial charge in [-0.2, -0.15) is 6.08 Å².